The van der Waals surface area contributed by atoms with E-state index in [1.165, 1.54) is 0 Å². The van der Waals surface area contributed by atoms with Gasteiger partial charge in [-0.05, 0) is 19.9 Å². The molecule has 0 aromatic rings. The Labute approximate surface area is 91.7 Å². The second kappa shape index (κ2) is 7.62. The molecule has 0 aromatic heterocycles. The fourth-order valence-corrected chi connectivity index (χ4v) is 1.48. The van der Waals surface area contributed by atoms with Gasteiger partial charge in [0.2, 0.25) is 5.91 Å². The Morgan fingerprint density at radius 3 is 2.53 bits per heavy atom. The first-order valence-corrected chi connectivity index (χ1v) is 5.30. The average molecular weight is 217 g/mol. The number of rotatable bonds is 8. The molecule has 2 atom stereocenters. The van der Waals surface area contributed by atoms with E-state index >= 15 is 0 Å². The van der Waals surface area contributed by atoms with Crippen molar-refractivity contribution in [1.82, 2.24) is 4.90 Å². The van der Waals surface area contributed by atoms with Crippen LogP contribution in [0.2, 0.25) is 0 Å². The third-order valence-corrected chi connectivity index (χ3v) is 2.53. The van der Waals surface area contributed by atoms with E-state index < -0.39 is 11.9 Å². The summed E-state index contributed by atoms with van der Waals surface area (Å²) >= 11 is 0. The maximum Gasteiger partial charge on any atom is 0.234 e. The van der Waals surface area contributed by atoms with Crippen molar-refractivity contribution in [2.45, 2.75) is 32.4 Å². The first-order valence-electron chi connectivity index (χ1n) is 5.30. The summed E-state index contributed by atoms with van der Waals surface area (Å²) in [7, 11) is 1.68. The van der Waals surface area contributed by atoms with E-state index in [0.717, 1.165) is 13.1 Å². The van der Waals surface area contributed by atoms with Crippen molar-refractivity contribution in [3.05, 3.63) is 0 Å². The van der Waals surface area contributed by atoms with E-state index in [-0.39, 0.29) is 0 Å². The largest absolute Gasteiger partial charge is 0.383 e. The molecule has 0 spiro atoms. The quantitative estimate of drug-likeness (QED) is 0.577. The van der Waals surface area contributed by atoms with Crippen molar-refractivity contribution >= 4 is 5.91 Å². The molecule has 5 nitrogen and oxygen atoms in total. The highest BCUT2D eigenvalue weighted by Crippen LogP contribution is 2.01. The van der Waals surface area contributed by atoms with Crippen LogP contribution in [0.4, 0.5) is 0 Å². The van der Waals surface area contributed by atoms with E-state index in [2.05, 4.69) is 18.7 Å². The second-order valence-electron chi connectivity index (χ2n) is 3.73. The van der Waals surface area contributed by atoms with Crippen LogP contribution in [0, 0.1) is 0 Å². The predicted octanol–water partition coefficient (Wildman–Crippen LogP) is -0.454. The molecule has 1 amide bonds. The molecule has 90 valence electrons. The predicted molar refractivity (Wildman–Crippen MR) is 60.4 cm³/mol. The molecule has 15 heavy (non-hydrogen) atoms. The fraction of sp³-hybridized carbons (Fsp3) is 0.900. The van der Waals surface area contributed by atoms with Gasteiger partial charge in [0.25, 0.3) is 0 Å². The highest BCUT2D eigenvalue weighted by atomic mass is 16.5. The van der Waals surface area contributed by atoms with Gasteiger partial charge in [-0.25, -0.2) is 0 Å². The number of hydrogen-bond acceptors (Lipinski definition) is 4. The number of likely N-dealkylation sites (N-methyl/N-ethyl adjacent to an activating group) is 1. The third-order valence-electron chi connectivity index (χ3n) is 2.53. The van der Waals surface area contributed by atoms with Crippen molar-refractivity contribution in [3.63, 3.8) is 0 Å². The summed E-state index contributed by atoms with van der Waals surface area (Å²) in [6.07, 6.45) is 0.594. The Morgan fingerprint density at radius 1 is 1.53 bits per heavy atom. The van der Waals surface area contributed by atoms with Crippen molar-refractivity contribution in [2.24, 2.45) is 11.5 Å². The number of primary amides is 1. The molecular weight excluding hydrogens is 194 g/mol. The summed E-state index contributed by atoms with van der Waals surface area (Å²) in [5.74, 6) is -0.439. The molecule has 5 heteroatoms. The Bertz CT molecular complexity index is 188. The Hall–Kier alpha value is -0.650. The average Bonchev–Trinajstić information content (AvgIpc) is 2.18. The van der Waals surface area contributed by atoms with E-state index in [1.54, 1.807) is 7.11 Å². The summed E-state index contributed by atoms with van der Waals surface area (Å²) in [5.41, 5.74) is 10.7. The number of nitrogens with two attached hydrogens (primary N) is 2. The molecule has 0 rings (SSSR count). The summed E-state index contributed by atoms with van der Waals surface area (Å²) in [6.45, 7) is 6.52. The number of amides is 1. The van der Waals surface area contributed by atoms with Gasteiger partial charge in [-0.15, -0.1) is 0 Å². The van der Waals surface area contributed by atoms with E-state index in [9.17, 15) is 4.79 Å². The van der Waals surface area contributed by atoms with Crippen LogP contribution in [0.3, 0.4) is 0 Å². The standard InChI is InChI=1S/C10H23N3O2/c1-4-13(8(2)7-15-3)6-5-9(11)10(12)14/h8-9H,4-7,11H2,1-3H3,(H2,12,14). The van der Waals surface area contributed by atoms with Gasteiger partial charge in [0, 0.05) is 19.7 Å². The van der Waals surface area contributed by atoms with Gasteiger partial charge in [0.1, 0.15) is 0 Å². The van der Waals surface area contributed by atoms with E-state index in [0.29, 0.717) is 19.1 Å². The SMILES string of the molecule is CCN(CCC(N)C(N)=O)C(C)COC. The number of carbonyl (C=O) groups excluding carboxylic acids is 1. The molecule has 0 fully saturated rings. The molecule has 0 radical (unpaired) electrons. The maximum atomic E-state index is 10.7. The molecule has 0 saturated heterocycles. The minimum atomic E-state index is -0.547. The number of methoxy groups -OCH3 is 1. The van der Waals surface area contributed by atoms with Crippen LogP contribution >= 0.6 is 0 Å². The highest BCUT2D eigenvalue weighted by molar-refractivity contribution is 5.79. The van der Waals surface area contributed by atoms with Gasteiger partial charge in [-0.1, -0.05) is 6.92 Å². The van der Waals surface area contributed by atoms with Crippen LogP contribution in [0.1, 0.15) is 20.3 Å². The molecule has 2 unspecified atom stereocenters. The summed E-state index contributed by atoms with van der Waals surface area (Å²) in [6, 6.07) is -0.214. The number of nitrogens with zero attached hydrogens (tertiary/aromatic N) is 1. The van der Waals surface area contributed by atoms with Gasteiger partial charge in [-0.3, -0.25) is 9.69 Å². The van der Waals surface area contributed by atoms with Crippen LogP contribution < -0.4 is 11.5 Å². The lowest BCUT2D eigenvalue weighted by Crippen LogP contribution is -2.42. The molecule has 0 aliphatic heterocycles. The molecule has 0 saturated carbocycles. The zero-order valence-corrected chi connectivity index (χ0v) is 9.90. The molecule has 0 heterocycles. The third kappa shape index (κ3) is 5.71. The number of ether oxygens (including phenoxy) is 1. The minimum absolute atomic E-state index is 0.333. The summed E-state index contributed by atoms with van der Waals surface area (Å²) in [4.78, 5) is 13.0. The molecule has 0 aliphatic rings. The van der Waals surface area contributed by atoms with E-state index in [1.807, 2.05) is 0 Å². The Kier molecular flexibility index (Phi) is 7.29. The van der Waals surface area contributed by atoms with Crippen LogP contribution in [0.25, 0.3) is 0 Å². The number of carbonyl (C=O) groups is 1. The Balaban J connectivity index is 3.93. The van der Waals surface area contributed by atoms with Crippen molar-refractivity contribution in [1.29, 1.82) is 0 Å². The second-order valence-corrected chi connectivity index (χ2v) is 3.73. The van der Waals surface area contributed by atoms with Gasteiger partial charge in [0.15, 0.2) is 0 Å². The number of hydrogen-bond donors (Lipinski definition) is 2. The zero-order chi connectivity index (χ0) is 11.8. The minimum Gasteiger partial charge on any atom is -0.383 e. The lowest BCUT2D eigenvalue weighted by atomic mass is 10.2. The Morgan fingerprint density at radius 2 is 2.13 bits per heavy atom. The fourth-order valence-electron chi connectivity index (χ4n) is 1.48. The smallest absolute Gasteiger partial charge is 0.234 e. The molecule has 4 N–H and O–H groups in total. The normalized spacial score (nSPS) is 15.3. The molecule has 0 aromatic carbocycles. The van der Waals surface area contributed by atoms with Crippen molar-refractivity contribution in [3.8, 4) is 0 Å². The summed E-state index contributed by atoms with van der Waals surface area (Å²) in [5, 5.41) is 0. The van der Waals surface area contributed by atoms with Gasteiger partial charge >= 0.3 is 0 Å². The van der Waals surface area contributed by atoms with Crippen LogP contribution in [0.5, 0.6) is 0 Å². The van der Waals surface area contributed by atoms with Gasteiger partial charge < -0.3 is 16.2 Å². The van der Waals surface area contributed by atoms with Crippen LogP contribution in [-0.2, 0) is 9.53 Å². The van der Waals surface area contributed by atoms with Crippen molar-refractivity contribution < 1.29 is 9.53 Å². The lowest BCUT2D eigenvalue weighted by Gasteiger charge is -2.27. The molecule has 0 aliphatic carbocycles. The monoisotopic (exact) mass is 217 g/mol. The van der Waals surface area contributed by atoms with Crippen LogP contribution in [0.15, 0.2) is 0 Å². The van der Waals surface area contributed by atoms with Crippen molar-refractivity contribution in [2.75, 3.05) is 26.8 Å². The maximum absolute atomic E-state index is 10.7. The zero-order valence-electron chi connectivity index (χ0n) is 9.90. The highest BCUT2D eigenvalue weighted by Gasteiger charge is 2.15. The van der Waals surface area contributed by atoms with Gasteiger partial charge in [-0.2, -0.15) is 0 Å². The van der Waals surface area contributed by atoms with Crippen LogP contribution in [-0.4, -0.2) is 49.7 Å². The summed E-state index contributed by atoms with van der Waals surface area (Å²) < 4.78 is 5.08. The topological polar surface area (TPSA) is 81.6 Å². The molecule has 0 bridgehead atoms. The first kappa shape index (κ1) is 14.3. The lowest BCUT2D eigenvalue weighted by molar-refractivity contribution is -0.119. The van der Waals surface area contributed by atoms with E-state index in [4.69, 9.17) is 16.2 Å². The van der Waals surface area contributed by atoms with Gasteiger partial charge in [0.05, 0.1) is 12.6 Å². The molecular formula is C10H23N3O2. The first-order chi connectivity index (χ1) is 7.02.